The van der Waals surface area contributed by atoms with Crippen LogP contribution in [0.1, 0.15) is 25.7 Å². The lowest BCUT2D eigenvalue weighted by Gasteiger charge is -2.22. The molecule has 3 rings (SSSR count). The molecule has 0 bridgehead atoms. The topological polar surface area (TPSA) is 83.9 Å². The third kappa shape index (κ3) is 4.13. The summed E-state index contributed by atoms with van der Waals surface area (Å²) in [6.07, 6.45) is 4.58. The smallest absolute Gasteiger partial charge is 0.324 e. The van der Waals surface area contributed by atoms with E-state index in [0.29, 0.717) is 11.4 Å². The van der Waals surface area contributed by atoms with Gasteiger partial charge in [-0.3, -0.25) is 9.10 Å². The van der Waals surface area contributed by atoms with Crippen LogP contribution in [0, 0.1) is 0 Å². The zero-order valence-corrected chi connectivity index (χ0v) is 15.1. The van der Waals surface area contributed by atoms with Gasteiger partial charge in [-0.25, -0.2) is 8.42 Å². The lowest BCUT2D eigenvalue weighted by Crippen LogP contribution is -2.35. The minimum atomic E-state index is -3.91. The standard InChI is InChI=1S/C17H19NO5S2/c19-16(20)12-18(25(21,22)17-6-3-11-24-17)13-7-9-15(10-8-13)23-14-4-1-2-5-14/h3,6-11,14H,1-2,4-5,12H2,(H,19,20). The molecule has 0 radical (unpaired) electrons. The van der Waals surface area contributed by atoms with Gasteiger partial charge >= 0.3 is 5.97 Å². The van der Waals surface area contributed by atoms with E-state index in [1.54, 1.807) is 35.7 Å². The van der Waals surface area contributed by atoms with Gasteiger partial charge < -0.3 is 9.84 Å². The van der Waals surface area contributed by atoms with Crippen molar-refractivity contribution in [3.05, 3.63) is 41.8 Å². The molecule has 0 spiro atoms. The van der Waals surface area contributed by atoms with Gasteiger partial charge in [0.05, 0.1) is 11.8 Å². The molecule has 0 unspecified atom stereocenters. The minimum absolute atomic E-state index is 0.111. The Morgan fingerprint density at radius 3 is 2.44 bits per heavy atom. The summed E-state index contributed by atoms with van der Waals surface area (Å²) in [6.45, 7) is -0.636. The van der Waals surface area contributed by atoms with Crippen LogP contribution in [0.2, 0.25) is 0 Å². The number of sulfonamides is 1. The summed E-state index contributed by atoms with van der Waals surface area (Å²) >= 11 is 1.06. The van der Waals surface area contributed by atoms with Gasteiger partial charge in [0.25, 0.3) is 10.0 Å². The van der Waals surface area contributed by atoms with Crippen LogP contribution in [0.25, 0.3) is 0 Å². The molecule has 6 nitrogen and oxygen atoms in total. The summed E-state index contributed by atoms with van der Waals surface area (Å²) in [6, 6.07) is 9.62. The first-order valence-electron chi connectivity index (χ1n) is 8.01. The highest BCUT2D eigenvalue weighted by atomic mass is 32.2. The molecule has 1 fully saturated rings. The number of ether oxygens (including phenoxy) is 1. The van der Waals surface area contributed by atoms with Crippen molar-refractivity contribution in [1.29, 1.82) is 0 Å². The largest absolute Gasteiger partial charge is 0.490 e. The molecule has 0 amide bonds. The van der Waals surface area contributed by atoms with E-state index in [2.05, 4.69) is 0 Å². The average Bonchev–Trinajstić information content (AvgIpc) is 3.27. The molecule has 0 atom stereocenters. The van der Waals surface area contributed by atoms with Crippen molar-refractivity contribution in [1.82, 2.24) is 0 Å². The van der Waals surface area contributed by atoms with Crippen LogP contribution in [0.3, 0.4) is 0 Å². The molecule has 1 aromatic heterocycles. The lowest BCUT2D eigenvalue weighted by molar-refractivity contribution is -0.135. The maximum absolute atomic E-state index is 12.7. The van der Waals surface area contributed by atoms with Crippen molar-refractivity contribution >= 4 is 33.0 Å². The Labute approximate surface area is 150 Å². The third-order valence-corrected chi connectivity index (χ3v) is 7.19. The Kier molecular flexibility index (Phi) is 5.29. The van der Waals surface area contributed by atoms with Gasteiger partial charge in [0.1, 0.15) is 16.5 Å². The van der Waals surface area contributed by atoms with Crippen LogP contribution in [-0.4, -0.2) is 32.1 Å². The fourth-order valence-electron chi connectivity index (χ4n) is 2.85. The van der Waals surface area contributed by atoms with Crippen LogP contribution in [0.5, 0.6) is 5.75 Å². The minimum Gasteiger partial charge on any atom is -0.490 e. The maximum atomic E-state index is 12.7. The van der Waals surface area contributed by atoms with E-state index >= 15 is 0 Å². The summed E-state index contributed by atoms with van der Waals surface area (Å²) in [5.41, 5.74) is 0.301. The molecule has 0 saturated heterocycles. The Morgan fingerprint density at radius 1 is 1.20 bits per heavy atom. The second kappa shape index (κ2) is 7.45. The summed E-state index contributed by atoms with van der Waals surface area (Å²) in [5.74, 6) is -0.550. The molecule has 2 aromatic rings. The Morgan fingerprint density at radius 2 is 1.88 bits per heavy atom. The molecule has 1 aliphatic carbocycles. The predicted octanol–water partition coefficient (Wildman–Crippen LogP) is 3.35. The zero-order valence-electron chi connectivity index (χ0n) is 13.5. The highest BCUT2D eigenvalue weighted by Crippen LogP contribution is 2.29. The van der Waals surface area contributed by atoms with Gasteiger partial charge in [0.15, 0.2) is 0 Å². The van der Waals surface area contributed by atoms with Gasteiger partial charge in [-0.05, 0) is 61.4 Å². The van der Waals surface area contributed by atoms with Crippen molar-refractivity contribution in [3.8, 4) is 5.75 Å². The summed E-state index contributed by atoms with van der Waals surface area (Å²) in [5, 5.41) is 10.8. The van der Waals surface area contributed by atoms with Crippen LogP contribution in [-0.2, 0) is 14.8 Å². The van der Waals surface area contributed by atoms with Crippen LogP contribution in [0.4, 0.5) is 5.69 Å². The van der Waals surface area contributed by atoms with E-state index in [-0.39, 0.29) is 10.3 Å². The number of hydrogen-bond donors (Lipinski definition) is 1. The molecule has 134 valence electrons. The number of carboxylic acids is 1. The number of nitrogens with zero attached hydrogens (tertiary/aromatic N) is 1. The molecule has 8 heteroatoms. The first-order valence-corrected chi connectivity index (χ1v) is 10.3. The first-order chi connectivity index (χ1) is 12.0. The van der Waals surface area contributed by atoms with E-state index in [4.69, 9.17) is 9.84 Å². The number of thiophene rings is 1. The van der Waals surface area contributed by atoms with Gasteiger partial charge in [-0.1, -0.05) is 6.07 Å². The molecule has 1 N–H and O–H groups in total. The van der Waals surface area contributed by atoms with Crippen molar-refractivity contribution in [2.24, 2.45) is 0 Å². The monoisotopic (exact) mass is 381 g/mol. The van der Waals surface area contributed by atoms with E-state index < -0.39 is 22.5 Å². The Hall–Kier alpha value is -2.06. The van der Waals surface area contributed by atoms with E-state index in [1.807, 2.05) is 0 Å². The number of hydrogen-bond acceptors (Lipinski definition) is 5. The van der Waals surface area contributed by atoms with Crippen molar-refractivity contribution in [3.63, 3.8) is 0 Å². The highest BCUT2D eigenvalue weighted by molar-refractivity contribution is 7.94. The number of aliphatic carboxylic acids is 1. The van der Waals surface area contributed by atoms with Crippen molar-refractivity contribution in [2.75, 3.05) is 10.8 Å². The number of anilines is 1. The second-order valence-electron chi connectivity index (χ2n) is 5.86. The molecular formula is C17H19NO5S2. The van der Waals surface area contributed by atoms with Crippen LogP contribution >= 0.6 is 11.3 Å². The highest BCUT2D eigenvalue weighted by Gasteiger charge is 2.28. The molecular weight excluding hydrogens is 362 g/mol. The lowest BCUT2D eigenvalue weighted by atomic mass is 10.2. The third-order valence-electron chi connectivity index (χ3n) is 4.05. The first kappa shape index (κ1) is 17.8. The van der Waals surface area contributed by atoms with E-state index in [0.717, 1.165) is 41.3 Å². The van der Waals surface area contributed by atoms with Gasteiger partial charge in [0.2, 0.25) is 0 Å². The van der Waals surface area contributed by atoms with Crippen LogP contribution < -0.4 is 9.04 Å². The molecule has 1 heterocycles. The predicted molar refractivity (Wildman–Crippen MR) is 95.8 cm³/mol. The molecule has 1 aromatic carbocycles. The number of benzene rings is 1. The molecule has 0 aliphatic heterocycles. The zero-order chi connectivity index (χ0) is 17.9. The number of carbonyl (C=O) groups is 1. The Bertz CT molecular complexity index is 809. The SMILES string of the molecule is O=C(O)CN(c1ccc(OC2CCCC2)cc1)S(=O)(=O)c1cccs1. The van der Waals surface area contributed by atoms with Crippen molar-refractivity contribution < 1.29 is 23.1 Å². The van der Waals surface area contributed by atoms with Crippen molar-refractivity contribution in [2.45, 2.75) is 36.0 Å². The summed E-state index contributed by atoms with van der Waals surface area (Å²) in [7, 11) is -3.91. The molecule has 1 saturated carbocycles. The fourth-order valence-corrected chi connectivity index (χ4v) is 5.37. The average molecular weight is 381 g/mol. The summed E-state index contributed by atoms with van der Waals surface area (Å²) < 4.78 is 32.4. The number of carboxylic acid groups (broad SMARTS) is 1. The quantitative estimate of drug-likeness (QED) is 0.795. The molecule has 25 heavy (non-hydrogen) atoms. The van der Waals surface area contributed by atoms with Gasteiger partial charge in [0, 0.05) is 0 Å². The van der Waals surface area contributed by atoms with E-state index in [1.165, 1.54) is 6.07 Å². The maximum Gasteiger partial charge on any atom is 0.324 e. The summed E-state index contributed by atoms with van der Waals surface area (Å²) in [4.78, 5) is 11.2. The van der Waals surface area contributed by atoms with Crippen LogP contribution in [0.15, 0.2) is 46.0 Å². The van der Waals surface area contributed by atoms with Gasteiger partial charge in [-0.2, -0.15) is 0 Å². The fraction of sp³-hybridized carbons (Fsp3) is 0.353. The second-order valence-corrected chi connectivity index (χ2v) is 8.89. The Balaban J connectivity index is 1.85. The van der Waals surface area contributed by atoms with Gasteiger partial charge in [-0.15, -0.1) is 11.3 Å². The molecule has 1 aliphatic rings. The van der Waals surface area contributed by atoms with E-state index in [9.17, 15) is 13.2 Å². The number of rotatable bonds is 7. The normalized spacial score (nSPS) is 15.2.